The van der Waals surface area contributed by atoms with E-state index < -0.39 is 6.10 Å². The summed E-state index contributed by atoms with van der Waals surface area (Å²) in [6.07, 6.45) is 22.5. The van der Waals surface area contributed by atoms with E-state index in [1.165, 1.54) is 70.6 Å². The highest BCUT2D eigenvalue weighted by Gasteiger charge is 2.13. The summed E-state index contributed by atoms with van der Waals surface area (Å²) in [7, 11) is 0. The van der Waals surface area contributed by atoms with Gasteiger partial charge in [-0.15, -0.1) is 0 Å². The van der Waals surface area contributed by atoms with Gasteiger partial charge < -0.3 is 16.2 Å². The third-order valence-corrected chi connectivity index (χ3v) is 6.48. The van der Waals surface area contributed by atoms with Crippen LogP contribution in [0.1, 0.15) is 117 Å². The van der Waals surface area contributed by atoms with Crippen molar-refractivity contribution in [3.05, 3.63) is 36.4 Å². The third-order valence-electron chi connectivity index (χ3n) is 6.48. The van der Waals surface area contributed by atoms with E-state index >= 15 is 0 Å². The van der Waals surface area contributed by atoms with Crippen molar-refractivity contribution in [2.75, 3.05) is 6.54 Å². The fraction of sp³-hybridized carbons (Fsp3) is 0.700. The second kappa shape index (κ2) is 22.9. The molecule has 2 rings (SSSR count). The Balaban J connectivity index is 0.000000621. The summed E-state index contributed by atoms with van der Waals surface area (Å²) in [4.78, 5) is 11.8. The Morgan fingerprint density at radius 1 is 0.919 bits per heavy atom. The highest BCUT2D eigenvalue weighted by molar-refractivity contribution is 5.76. The fourth-order valence-corrected chi connectivity index (χ4v) is 4.07. The van der Waals surface area contributed by atoms with E-state index in [1.54, 1.807) is 0 Å². The molecule has 0 saturated carbocycles. The number of fused-ring (bicyclic) bond motifs is 1. The number of rotatable bonds is 20. The Morgan fingerprint density at radius 3 is 2.03 bits per heavy atom. The van der Waals surface area contributed by atoms with E-state index in [-0.39, 0.29) is 11.9 Å². The molecule has 0 radical (unpaired) electrons. The Labute approximate surface area is 224 Å². The number of nitrogens with zero attached hydrogens (tertiary/aromatic N) is 2. The summed E-state index contributed by atoms with van der Waals surface area (Å²) in [5.74, 6) is 0.0161. The normalized spacial score (nSPS) is 12.9. The summed E-state index contributed by atoms with van der Waals surface area (Å²) < 4.78 is 4.46. The number of hydrogen-bond acceptors (Lipinski definition) is 6. The lowest BCUT2D eigenvalue weighted by molar-refractivity contribution is -0.122. The molecule has 1 aromatic heterocycles. The molecule has 0 saturated heterocycles. The van der Waals surface area contributed by atoms with Gasteiger partial charge in [-0.1, -0.05) is 102 Å². The Morgan fingerprint density at radius 2 is 1.46 bits per heavy atom. The molecule has 1 amide bonds. The molecule has 7 heteroatoms. The number of aliphatic hydroxyl groups is 1. The molecule has 37 heavy (non-hydrogen) atoms. The predicted molar refractivity (Wildman–Crippen MR) is 153 cm³/mol. The molecule has 0 aliphatic carbocycles. The minimum absolute atomic E-state index is 0.0161. The van der Waals surface area contributed by atoms with E-state index in [0.717, 1.165) is 36.7 Å². The molecule has 210 valence electrons. The molecule has 2 aromatic rings. The second-order valence-corrected chi connectivity index (χ2v) is 9.95. The lowest BCUT2D eigenvalue weighted by atomic mass is 10.0. The van der Waals surface area contributed by atoms with Gasteiger partial charge in [-0.25, -0.2) is 4.63 Å². The van der Waals surface area contributed by atoms with Crippen molar-refractivity contribution in [2.45, 2.75) is 129 Å². The highest BCUT2D eigenvalue weighted by atomic mass is 16.6. The maximum Gasteiger partial charge on any atom is 0.220 e. The maximum absolute atomic E-state index is 11.8. The van der Waals surface area contributed by atoms with E-state index in [1.807, 2.05) is 37.3 Å². The van der Waals surface area contributed by atoms with Crippen LogP contribution >= 0.6 is 0 Å². The van der Waals surface area contributed by atoms with Crippen LogP contribution in [0.3, 0.4) is 0 Å². The number of aliphatic hydroxyl groups excluding tert-OH is 1. The molecule has 1 aromatic carbocycles. The van der Waals surface area contributed by atoms with Gasteiger partial charge in [0.2, 0.25) is 5.91 Å². The maximum atomic E-state index is 11.8. The largest absolute Gasteiger partial charge is 0.387 e. The second-order valence-electron chi connectivity index (χ2n) is 9.95. The van der Waals surface area contributed by atoms with Crippen molar-refractivity contribution < 1.29 is 14.5 Å². The van der Waals surface area contributed by atoms with Gasteiger partial charge in [0.05, 0.1) is 12.1 Å². The highest BCUT2D eigenvalue weighted by Crippen LogP contribution is 2.12. The van der Waals surface area contributed by atoms with Crippen molar-refractivity contribution in [3.8, 4) is 0 Å². The quantitative estimate of drug-likeness (QED) is 0.131. The monoisotopic (exact) mass is 516 g/mol. The number of unbranched alkanes of at least 4 members (excludes halogenated alkanes) is 13. The number of benzene rings is 1. The molecule has 2 unspecified atom stereocenters. The molecule has 7 nitrogen and oxygen atoms in total. The van der Waals surface area contributed by atoms with Crippen LogP contribution in [0.15, 0.2) is 41.0 Å². The summed E-state index contributed by atoms with van der Waals surface area (Å²) in [6.45, 7) is 4.80. The molecule has 0 bridgehead atoms. The van der Waals surface area contributed by atoms with Crippen LogP contribution in [-0.2, 0) is 4.79 Å². The molecule has 2 atom stereocenters. The zero-order valence-corrected chi connectivity index (χ0v) is 23.4. The summed E-state index contributed by atoms with van der Waals surface area (Å²) in [6, 6.07) is 7.26. The third kappa shape index (κ3) is 17.8. The van der Waals surface area contributed by atoms with Gasteiger partial charge in [0, 0.05) is 6.42 Å². The molecular weight excluding hydrogens is 464 g/mol. The SMILES string of the molecule is CCCCCCCCCCCCC/C=C/C(O)C(C)NC(=O)CCCCCN.c1ccc2nonc2c1. The van der Waals surface area contributed by atoms with Gasteiger partial charge in [0.15, 0.2) is 0 Å². The Bertz CT molecular complexity index is 794. The topological polar surface area (TPSA) is 114 Å². The first-order chi connectivity index (χ1) is 18.1. The number of hydrogen-bond donors (Lipinski definition) is 3. The van der Waals surface area contributed by atoms with Crippen LogP contribution in [0, 0.1) is 0 Å². The van der Waals surface area contributed by atoms with Crippen LogP contribution < -0.4 is 11.1 Å². The standard InChI is InChI=1S/C24H48N2O2.C6H4N2O/c1-3-4-5-6-7-8-9-10-11-12-13-14-16-19-23(27)22(2)26-24(28)20-17-15-18-21-25;1-2-4-6-5(3-1)7-9-8-6/h16,19,22-23,27H,3-15,17-18,20-21,25H2,1-2H3,(H,26,28);1-4H/b19-16+;. The minimum atomic E-state index is -0.610. The van der Waals surface area contributed by atoms with Crippen molar-refractivity contribution in [1.29, 1.82) is 0 Å². The number of nitrogens with two attached hydrogens (primary N) is 1. The molecular formula is C30H52N4O3. The number of nitrogens with one attached hydrogen (secondary N) is 1. The first-order valence-corrected chi connectivity index (χ1v) is 14.6. The van der Waals surface area contributed by atoms with Gasteiger partial charge in [-0.05, 0) is 61.6 Å². The van der Waals surface area contributed by atoms with Gasteiger partial charge in [0.1, 0.15) is 11.0 Å². The van der Waals surface area contributed by atoms with Crippen LogP contribution in [0.4, 0.5) is 0 Å². The van der Waals surface area contributed by atoms with Gasteiger partial charge in [-0.2, -0.15) is 0 Å². The molecule has 0 fully saturated rings. The van der Waals surface area contributed by atoms with Crippen molar-refractivity contribution in [3.63, 3.8) is 0 Å². The zero-order chi connectivity index (χ0) is 27.0. The van der Waals surface area contributed by atoms with E-state index in [4.69, 9.17) is 5.73 Å². The van der Waals surface area contributed by atoms with Gasteiger partial charge in [-0.3, -0.25) is 4.79 Å². The van der Waals surface area contributed by atoms with Crippen LogP contribution in [0.2, 0.25) is 0 Å². The lowest BCUT2D eigenvalue weighted by Gasteiger charge is -2.17. The Kier molecular flexibility index (Phi) is 20.3. The first-order valence-electron chi connectivity index (χ1n) is 14.6. The lowest BCUT2D eigenvalue weighted by Crippen LogP contribution is -2.40. The molecule has 0 spiro atoms. The summed E-state index contributed by atoms with van der Waals surface area (Å²) in [5, 5.41) is 20.3. The van der Waals surface area contributed by atoms with Crippen LogP contribution in [-0.4, -0.2) is 40.0 Å². The number of allylic oxidation sites excluding steroid dienone is 1. The van der Waals surface area contributed by atoms with Crippen molar-refractivity contribution in [1.82, 2.24) is 15.6 Å². The molecule has 0 aliphatic heterocycles. The number of amides is 1. The smallest absolute Gasteiger partial charge is 0.220 e. The van der Waals surface area contributed by atoms with E-state index in [0.29, 0.717) is 13.0 Å². The Hall–Kier alpha value is -2.25. The van der Waals surface area contributed by atoms with Gasteiger partial charge >= 0.3 is 0 Å². The number of aromatic nitrogens is 2. The first kappa shape index (κ1) is 32.8. The van der Waals surface area contributed by atoms with Gasteiger partial charge in [0.25, 0.3) is 0 Å². The number of carbonyl (C=O) groups excluding carboxylic acids is 1. The minimum Gasteiger partial charge on any atom is -0.387 e. The summed E-state index contributed by atoms with van der Waals surface area (Å²) >= 11 is 0. The van der Waals surface area contributed by atoms with E-state index in [2.05, 4.69) is 33.3 Å². The fourth-order valence-electron chi connectivity index (χ4n) is 4.07. The zero-order valence-electron chi connectivity index (χ0n) is 23.4. The molecule has 0 aliphatic rings. The predicted octanol–water partition coefficient (Wildman–Crippen LogP) is 6.85. The van der Waals surface area contributed by atoms with Crippen molar-refractivity contribution in [2.24, 2.45) is 5.73 Å². The molecule has 1 heterocycles. The molecule has 4 N–H and O–H groups in total. The van der Waals surface area contributed by atoms with E-state index in [9.17, 15) is 9.90 Å². The number of carbonyl (C=O) groups is 1. The van der Waals surface area contributed by atoms with Crippen molar-refractivity contribution >= 4 is 16.9 Å². The van der Waals surface area contributed by atoms with Crippen LogP contribution in [0.25, 0.3) is 11.0 Å². The summed E-state index contributed by atoms with van der Waals surface area (Å²) in [5.41, 5.74) is 7.05. The average molecular weight is 517 g/mol. The average Bonchev–Trinajstić information content (AvgIpc) is 3.38. The van der Waals surface area contributed by atoms with Crippen LogP contribution in [0.5, 0.6) is 0 Å².